The molecule has 0 heterocycles. The Hall–Kier alpha value is -1.63. The molecule has 1 aromatic rings. The number of hydrogen-bond acceptors (Lipinski definition) is 3. The lowest BCUT2D eigenvalue weighted by Crippen LogP contribution is -2.28. The van der Waals surface area contributed by atoms with Crippen LogP contribution in [0.2, 0.25) is 0 Å². The second-order valence-corrected chi connectivity index (χ2v) is 7.73. The number of benzene rings is 1. The maximum absolute atomic E-state index is 13.5. The summed E-state index contributed by atoms with van der Waals surface area (Å²) in [5.41, 5.74) is 0.441. The van der Waals surface area contributed by atoms with Gasteiger partial charge in [-0.3, -0.25) is 9.10 Å². The minimum atomic E-state index is -3.49. The molecule has 7 heteroatoms. The van der Waals surface area contributed by atoms with Crippen LogP contribution in [0.1, 0.15) is 32.1 Å². The van der Waals surface area contributed by atoms with E-state index in [2.05, 4.69) is 5.32 Å². The zero-order valence-corrected chi connectivity index (χ0v) is 13.6. The van der Waals surface area contributed by atoms with Crippen molar-refractivity contribution in [2.45, 2.75) is 32.1 Å². The molecule has 1 aliphatic rings. The van der Waals surface area contributed by atoms with Gasteiger partial charge in [-0.05, 0) is 31.0 Å². The standard InChI is InChI=1S/C15H21FN2O3S/c1-18(22(2,20)21)14-9-8-12(16)10-13(14)17-15(19)11-6-4-3-5-7-11/h8-11H,3-7H2,1-2H3,(H,17,19). The van der Waals surface area contributed by atoms with Crippen molar-refractivity contribution < 1.29 is 17.6 Å². The van der Waals surface area contributed by atoms with Crippen LogP contribution >= 0.6 is 0 Å². The Morgan fingerprint density at radius 2 is 1.91 bits per heavy atom. The van der Waals surface area contributed by atoms with Crippen LogP contribution in [-0.4, -0.2) is 27.6 Å². The number of carbonyl (C=O) groups is 1. The summed E-state index contributed by atoms with van der Waals surface area (Å²) in [4.78, 5) is 12.3. The van der Waals surface area contributed by atoms with E-state index >= 15 is 0 Å². The lowest BCUT2D eigenvalue weighted by molar-refractivity contribution is -0.120. The smallest absolute Gasteiger partial charge is 0.232 e. The average Bonchev–Trinajstić information content (AvgIpc) is 2.47. The van der Waals surface area contributed by atoms with Gasteiger partial charge in [0.2, 0.25) is 15.9 Å². The molecule has 1 fully saturated rings. The first kappa shape index (κ1) is 16.7. The maximum atomic E-state index is 13.5. The summed E-state index contributed by atoms with van der Waals surface area (Å²) in [6, 6.07) is 3.68. The van der Waals surface area contributed by atoms with Crippen molar-refractivity contribution in [3.63, 3.8) is 0 Å². The summed E-state index contributed by atoms with van der Waals surface area (Å²) >= 11 is 0. The SMILES string of the molecule is CN(c1ccc(F)cc1NC(=O)C1CCCCC1)S(C)(=O)=O. The van der Waals surface area contributed by atoms with Crippen molar-refractivity contribution in [3.8, 4) is 0 Å². The van der Waals surface area contributed by atoms with Crippen LogP contribution in [0.3, 0.4) is 0 Å². The molecule has 0 saturated heterocycles. The van der Waals surface area contributed by atoms with E-state index in [4.69, 9.17) is 0 Å². The molecular weight excluding hydrogens is 307 g/mol. The van der Waals surface area contributed by atoms with Crippen LogP contribution in [0.5, 0.6) is 0 Å². The monoisotopic (exact) mass is 328 g/mol. The molecule has 0 atom stereocenters. The third-order valence-electron chi connectivity index (χ3n) is 4.03. The number of anilines is 2. The lowest BCUT2D eigenvalue weighted by atomic mass is 9.88. The van der Waals surface area contributed by atoms with Gasteiger partial charge in [0.1, 0.15) is 5.82 Å². The van der Waals surface area contributed by atoms with Gasteiger partial charge in [0.25, 0.3) is 0 Å². The van der Waals surface area contributed by atoms with Crippen molar-refractivity contribution in [2.75, 3.05) is 22.9 Å². The number of halogens is 1. The van der Waals surface area contributed by atoms with Crippen molar-refractivity contribution in [1.82, 2.24) is 0 Å². The Bertz CT molecular complexity index is 655. The molecule has 1 aliphatic carbocycles. The van der Waals surface area contributed by atoms with E-state index in [0.29, 0.717) is 0 Å². The first-order valence-electron chi connectivity index (χ1n) is 7.33. The minimum Gasteiger partial charge on any atom is -0.324 e. The Balaban J connectivity index is 2.25. The van der Waals surface area contributed by atoms with Crippen molar-refractivity contribution in [2.24, 2.45) is 5.92 Å². The van der Waals surface area contributed by atoms with Crippen LogP contribution in [0.4, 0.5) is 15.8 Å². The highest BCUT2D eigenvalue weighted by atomic mass is 32.2. The van der Waals surface area contributed by atoms with Gasteiger partial charge in [-0.1, -0.05) is 19.3 Å². The molecule has 0 aromatic heterocycles. The molecule has 0 radical (unpaired) electrons. The number of rotatable bonds is 4. The molecular formula is C15H21FN2O3S. The fourth-order valence-electron chi connectivity index (χ4n) is 2.66. The average molecular weight is 328 g/mol. The zero-order chi connectivity index (χ0) is 16.3. The molecule has 0 unspecified atom stereocenters. The van der Waals surface area contributed by atoms with Gasteiger partial charge in [-0.15, -0.1) is 0 Å². The summed E-state index contributed by atoms with van der Waals surface area (Å²) in [6.07, 6.45) is 5.85. The third-order valence-corrected chi connectivity index (χ3v) is 5.22. The highest BCUT2D eigenvalue weighted by Crippen LogP contribution is 2.30. The second kappa shape index (κ2) is 6.64. The Morgan fingerprint density at radius 1 is 1.27 bits per heavy atom. The van der Waals surface area contributed by atoms with Gasteiger partial charge >= 0.3 is 0 Å². The summed E-state index contributed by atoms with van der Waals surface area (Å²) in [5.74, 6) is -0.786. The lowest BCUT2D eigenvalue weighted by Gasteiger charge is -2.24. The van der Waals surface area contributed by atoms with E-state index in [1.807, 2.05) is 0 Å². The number of sulfonamides is 1. The van der Waals surface area contributed by atoms with Crippen LogP contribution in [0.15, 0.2) is 18.2 Å². The van der Waals surface area contributed by atoms with E-state index in [-0.39, 0.29) is 23.2 Å². The first-order valence-corrected chi connectivity index (χ1v) is 9.18. The highest BCUT2D eigenvalue weighted by molar-refractivity contribution is 7.92. The molecule has 5 nitrogen and oxygen atoms in total. The van der Waals surface area contributed by atoms with Crippen LogP contribution in [0.25, 0.3) is 0 Å². The Kier molecular flexibility index (Phi) is 5.05. The van der Waals surface area contributed by atoms with E-state index < -0.39 is 15.8 Å². The molecule has 1 saturated carbocycles. The quantitative estimate of drug-likeness (QED) is 0.924. The number of amides is 1. The zero-order valence-electron chi connectivity index (χ0n) is 12.8. The molecule has 2 rings (SSSR count). The molecule has 0 aliphatic heterocycles. The molecule has 122 valence electrons. The Labute approximate surface area is 130 Å². The van der Waals surface area contributed by atoms with Gasteiger partial charge in [0, 0.05) is 13.0 Å². The molecule has 0 bridgehead atoms. The van der Waals surface area contributed by atoms with Crippen molar-refractivity contribution in [1.29, 1.82) is 0 Å². The van der Waals surface area contributed by atoms with Crippen LogP contribution in [-0.2, 0) is 14.8 Å². The van der Waals surface area contributed by atoms with Gasteiger partial charge in [0.05, 0.1) is 17.6 Å². The molecule has 22 heavy (non-hydrogen) atoms. The summed E-state index contributed by atoms with van der Waals surface area (Å²) in [6.45, 7) is 0. The van der Waals surface area contributed by atoms with E-state index in [1.165, 1.54) is 19.2 Å². The normalized spacial score (nSPS) is 16.3. The Morgan fingerprint density at radius 3 is 2.50 bits per heavy atom. The maximum Gasteiger partial charge on any atom is 0.232 e. The van der Waals surface area contributed by atoms with Crippen molar-refractivity contribution >= 4 is 27.3 Å². The highest BCUT2D eigenvalue weighted by Gasteiger charge is 2.23. The van der Waals surface area contributed by atoms with Crippen LogP contribution < -0.4 is 9.62 Å². The summed E-state index contributed by atoms with van der Waals surface area (Å²) in [7, 11) is -2.12. The van der Waals surface area contributed by atoms with Gasteiger partial charge < -0.3 is 5.32 Å². The minimum absolute atomic E-state index is 0.0894. The fourth-order valence-corrected chi connectivity index (χ4v) is 3.18. The van der Waals surface area contributed by atoms with E-state index in [9.17, 15) is 17.6 Å². The molecule has 1 amide bonds. The van der Waals surface area contributed by atoms with E-state index in [0.717, 1.165) is 48.7 Å². The van der Waals surface area contributed by atoms with E-state index in [1.54, 1.807) is 0 Å². The largest absolute Gasteiger partial charge is 0.324 e. The number of nitrogens with one attached hydrogen (secondary N) is 1. The van der Waals surface area contributed by atoms with Gasteiger partial charge in [0.15, 0.2) is 0 Å². The first-order chi connectivity index (χ1) is 10.3. The predicted octanol–water partition coefficient (Wildman–Crippen LogP) is 2.74. The van der Waals surface area contributed by atoms with Crippen molar-refractivity contribution in [3.05, 3.63) is 24.0 Å². The van der Waals surface area contributed by atoms with Gasteiger partial charge in [-0.25, -0.2) is 12.8 Å². The number of nitrogens with zero attached hydrogens (tertiary/aromatic N) is 1. The second-order valence-electron chi connectivity index (χ2n) is 5.72. The predicted molar refractivity (Wildman–Crippen MR) is 84.9 cm³/mol. The number of carbonyl (C=O) groups excluding carboxylic acids is 1. The topological polar surface area (TPSA) is 66.5 Å². The summed E-state index contributed by atoms with van der Waals surface area (Å²) in [5, 5.41) is 2.69. The molecule has 0 spiro atoms. The number of hydrogen-bond donors (Lipinski definition) is 1. The molecule has 1 aromatic carbocycles. The fraction of sp³-hybridized carbons (Fsp3) is 0.533. The van der Waals surface area contributed by atoms with Gasteiger partial charge in [-0.2, -0.15) is 0 Å². The third kappa shape index (κ3) is 3.97. The van der Waals surface area contributed by atoms with Crippen LogP contribution in [0, 0.1) is 11.7 Å². The molecule has 1 N–H and O–H groups in total. The summed E-state index contributed by atoms with van der Waals surface area (Å²) < 4.78 is 37.9.